The lowest BCUT2D eigenvalue weighted by Crippen LogP contribution is -2.22. The number of nitrogens with one attached hydrogen (secondary N) is 1. The van der Waals surface area contributed by atoms with Crippen molar-refractivity contribution in [2.24, 2.45) is 0 Å². The zero-order valence-corrected chi connectivity index (χ0v) is 14.3. The highest BCUT2D eigenvalue weighted by atomic mass is 127. The van der Waals surface area contributed by atoms with Crippen LogP contribution in [-0.4, -0.2) is 12.6 Å². The van der Waals surface area contributed by atoms with Crippen LogP contribution in [0, 0.1) is 3.57 Å². The van der Waals surface area contributed by atoms with Crippen molar-refractivity contribution < 1.29 is 4.74 Å². The third-order valence-electron chi connectivity index (χ3n) is 3.67. The molecule has 3 rings (SSSR count). The summed E-state index contributed by atoms with van der Waals surface area (Å²) in [4.78, 5) is 0. The maximum atomic E-state index is 5.83. The van der Waals surface area contributed by atoms with E-state index >= 15 is 0 Å². The first-order chi connectivity index (χ1) is 10.3. The van der Waals surface area contributed by atoms with Crippen LogP contribution in [0.3, 0.4) is 0 Å². The van der Waals surface area contributed by atoms with Crippen molar-refractivity contribution in [1.82, 2.24) is 5.32 Å². The molecule has 0 amide bonds. The Morgan fingerprint density at radius 2 is 1.86 bits per heavy atom. The highest BCUT2D eigenvalue weighted by molar-refractivity contribution is 14.1. The van der Waals surface area contributed by atoms with Crippen LogP contribution in [0.2, 0.25) is 0 Å². The van der Waals surface area contributed by atoms with E-state index < -0.39 is 0 Å². The molecule has 1 atom stereocenters. The molecule has 0 aromatic heterocycles. The Morgan fingerprint density at radius 1 is 1.14 bits per heavy atom. The Balaban J connectivity index is 1.84. The summed E-state index contributed by atoms with van der Waals surface area (Å²) >= 11 is 2.41. The lowest BCUT2D eigenvalue weighted by molar-refractivity contribution is 0.303. The number of hydrogen-bond donors (Lipinski definition) is 1. The minimum absolute atomic E-state index is 0.234. The topological polar surface area (TPSA) is 21.3 Å². The highest BCUT2D eigenvalue weighted by Gasteiger charge is 2.23. The molecule has 0 bridgehead atoms. The molecule has 0 radical (unpaired) electrons. The predicted octanol–water partition coefficient (Wildman–Crippen LogP) is 4.53. The average molecular weight is 393 g/mol. The standard InChI is InChI=1S/C18H20INO/c1-2-20-18(16-5-3-4-6-17(16)19)13-7-9-14(10-8-13)21-15-11-12-15/h3-10,15,18,20H,2,11-12H2,1H3. The molecule has 1 fully saturated rings. The maximum absolute atomic E-state index is 5.83. The van der Waals surface area contributed by atoms with Crippen molar-refractivity contribution in [3.63, 3.8) is 0 Å². The van der Waals surface area contributed by atoms with Gasteiger partial charge in [-0.1, -0.05) is 37.3 Å². The fourth-order valence-electron chi connectivity index (χ4n) is 2.44. The van der Waals surface area contributed by atoms with Crippen LogP contribution in [0.25, 0.3) is 0 Å². The van der Waals surface area contributed by atoms with Crippen LogP contribution in [0.4, 0.5) is 0 Å². The Hall–Kier alpha value is -1.07. The first-order valence-electron chi connectivity index (χ1n) is 7.52. The van der Waals surface area contributed by atoms with E-state index in [0.29, 0.717) is 6.10 Å². The van der Waals surface area contributed by atoms with Gasteiger partial charge >= 0.3 is 0 Å². The smallest absolute Gasteiger partial charge is 0.119 e. The molecule has 2 nitrogen and oxygen atoms in total. The van der Waals surface area contributed by atoms with Crippen molar-refractivity contribution in [1.29, 1.82) is 0 Å². The summed E-state index contributed by atoms with van der Waals surface area (Å²) in [5.41, 5.74) is 2.61. The molecule has 1 saturated carbocycles. The Labute approximate surface area is 140 Å². The Kier molecular flexibility index (Phi) is 4.80. The van der Waals surface area contributed by atoms with Crippen molar-refractivity contribution in [3.8, 4) is 5.75 Å². The number of hydrogen-bond acceptors (Lipinski definition) is 2. The van der Waals surface area contributed by atoms with Crippen molar-refractivity contribution in [2.45, 2.75) is 31.9 Å². The fourth-order valence-corrected chi connectivity index (χ4v) is 3.14. The van der Waals surface area contributed by atoms with Crippen molar-refractivity contribution >= 4 is 22.6 Å². The highest BCUT2D eigenvalue weighted by Crippen LogP contribution is 2.30. The summed E-state index contributed by atoms with van der Waals surface area (Å²) in [5.74, 6) is 0.985. The fraction of sp³-hybridized carbons (Fsp3) is 0.333. The zero-order chi connectivity index (χ0) is 14.7. The quantitative estimate of drug-likeness (QED) is 0.729. The van der Waals surface area contributed by atoms with Gasteiger partial charge < -0.3 is 10.1 Å². The zero-order valence-electron chi connectivity index (χ0n) is 12.2. The lowest BCUT2D eigenvalue weighted by Gasteiger charge is -2.20. The summed E-state index contributed by atoms with van der Waals surface area (Å²) in [5, 5.41) is 3.58. The van der Waals surface area contributed by atoms with E-state index in [-0.39, 0.29) is 6.04 Å². The number of ether oxygens (including phenoxy) is 1. The molecule has 1 aliphatic rings. The van der Waals surface area contributed by atoms with Crippen LogP contribution in [0.5, 0.6) is 5.75 Å². The molecule has 0 spiro atoms. The first kappa shape index (κ1) is 14.9. The van der Waals surface area contributed by atoms with Crippen molar-refractivity contribution in [3.05, 3.63) is 63.2 Å². The minimum Gasteiger partial charge on any atom is -0.490 e. The molecule has 0 heterocycles. The third-order valence-corrected chi connectivity index (χ3v) is 4.65. The predicted molar refractivity (Wildman–Crippen MR) is 94.8 cm³/mol. The second-order valence-corrected chi connectivity index (χ2v) is 6.56. The van der Waals surface area contributed by atoms with Gasteiger partial charge in [-0.05, 0) is 71.3 Å². The van der Waals surface area contributed by atoms with Gasteiger partial charge in [-0.25, -0.2) is 0 Å². The monoisotopic (exact) mass is 393 g/mol. The summed E-state index contributed by atoms with van der Waals surface area (Å²) < 4.78 is 7.12. The molecule has 2 aromatic carbocycles. The van der Waals surface area contributed by atoms with E-state index in [9.17, 15) is 0 Å². The van der Waals surface area contributed by atoms with Gasteiger partial charge in [-0.15, -0.1) is 0 Å². The van der Waals surface area contributed by atoms with Gasteiger partial charge in [0, 0.05) is 3.57 Å². The second-order valence-electron chi connectivity index (χ2n) is 5.40. The first-order valence-corrected chi connectivity index (χ1v) is 8.60. The summed E-state index contributed by atoms with van der Waals surface area (Å²) in [6.45, 7) is 3.09. The third kappa shape index (κ3) is 3.77. The van der Waals surface area contributed by atoms with Gasteiger partial charge in [0.05, 0.1) is 12.1 Å². The molecule has 1 unspecified atom stereocenters. The maximum Gasteiger partial charge on any atom is 0.119 e. The summed E-state index contributed by atoms with van der Waals surface area (Å²) in [7, 11) is 0. The molecule has 110 valence electrons. The number of rotatable bonds is 6. The van der Waals surface area contributed by atoms with Crippen LogP contribution in [0.15, 0.2) is 48.5 Å². The van der Waals surface area contributed by atoms with Gasteiger partial charge in [-0.3, -0.25) is 0 Å². The van der Waals surface area contributed by atoms with Crippen LogP contribution >= 0.6 is 22.6 Å². The van der Waals surface area contributed by atoms with Crippen molar-refractivity contribution in [2.75, 3.05) is 6.54 Å². The minimum atomic E-state index is 0.234. The Bertz CT molecular complexity index is 592. The van der Waals surface area contributed by atoms with E-state index in [1.54, 1.807) is 0 Å². The van der Waals surface area contributed by atoms with E-state index in [1.807, 2.05) is 0 Å². The molecule has 21 heavy (non-hydrogen) atoms. The van der Waals surface area contributed by atoms with Crippen LogP contribution < -0.4 is 10.1 Å². The van der Waals surface area contributed by atoms with Crippen LogP contribution in [-0.2, 0) is 0 Å². The number of halogens is 1. The molecule has 0 aliphatic heterocycles. The Morgan fingerprint density at radius 3 is 2.48 bits per heavy atom. The van der Waals surface area contributed by atoms with Gasteiger partial charge in [0.2, 0.25) is 0 Å². The van der Waals surface area contributed by atoms with Gasteiger partial charge in [0.25, 0.3) is 0 Å². The number of benzene rings is 2. The largest absolute Gasteiger partial charge is 0.490 e. The molecule has 2 aromatic rings. The normalized spacial score (nSPS) is 15.7. The molecular weight excluding hydrogens is 373 g/mol. The summed E-state index contributed by atoms with van der Waals surface area (Å²) in [6.07, 6.45) is 2.85. The summed E-state index contributed by atoms with van der Waals surface area (Å²) in [6, 6.07) is 17.3. The lowest BCUT2D eigenvalue weighted by atomic mass is 9.98. The average Bonchev–Trinajstić information content (AvgIpc) is 3.31. The van der Waals surface area contributed by atoms with Gasteiger partial charge in [0.15, 0.2) is 0 Å². The molecular formula is C18H20INO. The van der Waals surface area contributed by atoms with Gasteiger partial charge in [-0.2, -0.15) is 0 Å². The van der Waals surface area contributed by atoms with E-state index in [2.05, 4.69) is 83.4 Å². The van der Waals surface area contributed by atoms with Crippen LogP contribution in [0.1, 0.15) is 36.9 Å². The molecule has 1 aliphatic carbocycles. The van der Waals surface area contributed by atoms with E-state index in [0.717, 1.165) is 12.3 Å². The second kappa shape index (κ2) is 6.79. The van der Waals surface area contributed by atoms with Gasteiger partial charge in [0.1, 0.15) is 5.75 Å². The molecule has 3 heteroatoms. The SMILES string of the molecule is CCNC(c1ccc(OC2CC2)cc1)c1ccccc1I. The molecule has 0 saturated heterocycles. The molecule has 1 N–H and O–H groups in total. The van der Waals surface area contributed by atoms with E-state index in [1.165, 1.54) is 27.5 Å². The van der Waals surface area contributed by atoms with E-state index in [4.69, 9.17) is 4.74 Å².